The number of nitrogens with one attached hydrogen (secondary N) is 1. The van der Waals surface area contributed by atoms with Crippen molar-refractivity contribution in [1.29, 1.82) is 0 Å². The van der Waals surface area contributed by atoms with Crippen molar-refractivity contribution < 1.29 is 9.47 Å². The third-order valence-corrected chi connectivity index (χ3v) is 3.43. The Balaban J connectivity index is 2.29. The first kappa shape index (κ1) is 12.2. The molecule has 17 heavy (non-hydrogen) atoms. The number of methoxy groups -OCH3 is 2. The topological polar surface area (TPSA) is 30.5 Å². The molecule has 1 aliphatic carbocycles. The van der Waals surface area contributed by atoms with Gasteiger partial charge in [-0.25, -0.2) is 0 Å². The van der Waals surface area contributed by atoms with Crippen LogP contribution in [0.15, 0.2) is 12.1 Å². The molecule has 0 saturated heterocycles. The molecular formula is C14H21NO2. The SMILES string of the molecule is CCN[C@@H]1CCc2c(cc(OC)cc2OC)C1. The second-order valence-corrected chi connectivity index (χ2v) is 4.46. The molecule has 0 fully saturated rings. The van der Waals surface area contributed by atoms with Crippen molar-refractivity contribution in [2.45, 2.75) is 32.2 Å². The Labute approximate surface area is 103 Å². The molecule has 0 radical (unpaired) electrons. The van der Waals surface area contributed by atoms with E-state index >= 15 is 0 Å². The van der Waals surface area contributed by atoms with Gasteiger partial charge in [0.1, 0.15) is 11.5 Å². The lowest BCUT2D eigenvalue weighted by molar-refractivity contribution is 0.381. The van der Waals surface area contributed by atoms with Crippen molar-refractivity contribution in [3.8, 4) is 11.5 Å². The third-order valence-electron chi connectivity index (χ3n) is 3.43. The van der Waals surface area contributed by atoms with Crippen LogP contribution in [0.3, 0.4) is 0 Å². The van der Waals surface area contributed by atoms with Crippen LogP contribution >= 0.6 is 0 Å². The number of benzene rings is 1. The number of fused-ring (bicyclic) bond motifs is 1. The molecule has 0 aliphatic heterocycles. The van der Waals surface area contributed by atoms with Crippen LogP contribution in [0.2, 0.25) is 0 Å². The largest absolute Gasteiger partial charge is 0.497 e. The van der Waals surface area contributed by atoms with Crippen molar-refractivity contribution in [2.75, 3.05) is 20.8 Å². The van der Waals surface area contributed by atoms with Gasteiger partial charge >= 0.3 is 0 Å². The second-order valence-electron chi connectivity index (χ2n) is 4.46. The molecule has 3 heteroatoms. The predicted molar refractivity (Wildman–Crippen MR) is 69.0 cm³/mol. The van der Waals surface area contributed by atoms with Crippen LogP contribution in [-0.4, -0.2) is 26.8 Å². The minimum atomic E-state index is 0.587. The van der Waals surface area contributed by atoms with Crippen LogP contribution in [-0.2, 0) is 12.8 Å². The van der Waals surface area contributed by atoms with Gasteiger partial charge < -0.3 is 14.8 Å². The van der Waals surface area contributed by atoms with Crippen molar-refractivity contribution in [1.82, 2.24) is 5.32 Å². The lowest BCUT2D eigenvalue weighted by atomic mass is 9.87. The lowest BCUT2D eigenvalue weighted by Gasteiger charge is -2.27. The van der Waals surface area contributed by atoms with Crippen LogP contribution in [0.5, 0.6) is 11.5 Å². The maximum absolute atomic E-state index is 5.45. The maximum atomic E-state index is 5.45. The molecule has 2 rings (SSSR count). The number of hydrogen-bond donors (Lipinski definition) is 1. The van der Waals surface area contributed by atoms with Crippen molar-refractivity contribution in [3.63, 3.8) is 0 Å². The fourth-order valence-corrected chi connectivity index (χ4v) is 2.59. The van der Waals surface area contributed by atoms with Gasteiger partial charge in [-0.15, -0.1) is 0 Å². The van der Waals surface area contributed by atoms with Gasteiger partial charge in [-0.2, -0.15) is 0 Å². The van der Waals surface area contributed by atoms with Gasteiger partial charge in [0, 0.05) is 12.1 Å². The van der Waals surface area contributed by atoms with E-state index < -0.39 is 0 Å². The summed E-state index contributed by atoms with van der Waals surface area (Å²) in [6.07, 6.45) is 3.33. The number of likely N-dealkylation sites (N-methyl/N-ethyl adjacent to an activating group) is 1. The van der Waals surface area contributed by atoms with E-state index in [0.717, 1.165) is 30.9 Å². The molecule has 0 bridgehead atoms. The first-order valence-electron chi connectivity index (χ1n) is 6.25. The smallest absolute Gasteiger partial charge is 0.126 e. The Kier molecular flexibility index (Phi) is 3.89. The van der Waals surface area contributed by atoms with E-state index in [9.17, 15) is 0 Å². The monoisotopic (exact) mass is 235 g/mol. The average Bonchev–Trinajstić information content (AvgIpc) is 2.37. The van der Waals surface area contributed by atoms with E-state index in [1.54, 1.807) is 14.2 Å². The summed E-state index contributed by atoms with van der Waals surface area (Å²) >= 11 is 0. The van der Waals surface area contributed by atoms with E-state index in [1.165, 1.54) is 17.5 Å². The van der Waals surface area contributed by atoms with Crippen LogP contribution in [0.25, 0.3) is 0 Å². The van der Waals surface area contributed by atoms with Crippen molar-refractivity contribution in [3.05, 3.63) is 23.3 Å². The zero-order chi connectivity index (χ0) is 12.3. The molecule has 0 aromatic heterocycles. The third kappa shape index (κ3) is 2.55. The summed E-state index contributed by atoms with van der Waals surface area (Å²) in [4.78, 5) is 0. The molecule has 1 aliphatic rings. The lowest BCUT2D eigenvalue weighted by Crippen LogP contribution is -2.34. The zero-order valence-electron chi connectivity index (χ0n) is 10.9. The van der Waals surface area contributed by atoms with Crippen LogP contribution in [0, 0.1) is 0 Å². The second kappa shape index (κ2) is 5.41. The summed E-state index contributed by atoms with van der Waals surface area (Å²) in [5.41, 5.74) is 2.71. The Morgan fingerprint density at radius 3 is 2.76 bits per heavy atom. The van der Waals surface area contributed by atoms with E-state index in [-0.39, 0.29) is 0 Å². The fraction of sp³-hybridized carbons (Fsp3) is 0.571. The van der Waals surface area contributed by atoms with Crippen LogP contribution in [0.1, 0.15) is 24.5 Å². The molecule has 1 atom stereocenters. The molecule has 3 nitrogen and oxygen atoms in total. The molecule has 0 unspecified atom stereocenters. The number of ether oxygens (including phenoxy) is 2. The highest BCUT2D eigenvalue weighted by Gasteiger charge is 2.21. The van der Waals surface area contributed by atoms with Crippen molar-refractivity contribution in [2.24, 2.45) is 0 Å². The van der Waals surface area contributed by atoms with E-state index in [1.807, 2.05) is 6.07 Å². The molecule has 1 N–H and O–H groups in total. The van der Waals surface area contributed by atoms with Gasteiger partial charge in [-0.05, 0) is 43.0 Å². The summed E-state index contributed by atoms with van der Waals surface area (Å²) in [7, 11) is 3.43. The standard InChI is InChI=1S/C14H21NO2/c1-4-15-11-5-6-13-10(7-11)8-12(16-2)9-14(13)17-3/h8-9,11,15H,4-7H2,1-3H3/t11-/m1/s1. The highest BCUT2D eigenvalue weighted by atomic mass is 16.5. The first-order chi connectivity index (χ1) is 8.28. The predicted octanol–water partition coefficient (Wildman–Crippen LogP) is 2.17. The Hall–Kier alpha value is -1.22. The molecule has 94 valence electrons. The van der Waals surface area contributed by atoms with E-state index in [4.69, 9.17) is 9.47 Å². The normalized spacial score (nSPS) is 18.6. The van der Waals surface area contributed by atoms with Gasteiger partial charge in [-0.1, -0.05) is 6.92 Å². The average molecular weight is 235 g/mol. The number of rotatable bonds is 4. The highest BCUT2D eigenvalue weighted by molar-refractivity contribution is 5.48. The molecule has 0 saturated carbocycles. The van der Waals surface area contributed by atoms with E-state index in [0.29, 0.717) is 6.04 Å². The van der Waals surface area contributed by atoms with Crippen LogP contribution < -0.4 is 14.8 Å². The molecule has 0 amide bonds. The van der Waals surface area contributed by atoms with Gasteiger partial charge in [-0.3, -0.25) is 0 Å². The zero-order valence-corrected chi connectivity index (χ0v) is 10.9. The molecule has 1 aromatic carbocycles. The minimum Gasteiger partial charge on any atom is -0.497 e. The molecule has 1 aromatic rings. The van der Waals surface area contributed by atoms with Gasteiger partial charge in [0.05, 0.1) is 14.2 Å². The number of hydrogen-bond acceptors (Lipinski definition) is 3. The molecule has 0 spiro atoms. The minimum absolute atomic E-state index is 0.587. The van der Waals surface area contributed by atoms with Crippen molar-refractivity contribution >= 4 is 0 Å². The fourth-order valence-electron chi connectivity index (χ4n) is 2.59. The van der Waals surface area contributed by atoms with Gasteiger partial charge in [0.2, 0.25) is 0 Å². The van der Waals surface area contributed by atoms with Gasteiger partial charge in [0.25, 0.3) is 0 Å². The highest BCUT2D eigenvalue weighted by Crippen LogP contribution is 2.33. The quantitative estimate of drug-likeness (QED) is 0.867. The summed E-state index contributed by atoms with van der Waals surface area (Å²) in [6.45, 7) is 3.18. The molecule has 0 heterocycles. The maximum Gasteiger partial charge on any atom is 0.126 e. The molecular weight excluding hydrogens is 214 g/mol. The van der Waals surface area contributed by atoms with Crippen LogP contribution in [0.4, 0.5) is 0 Å². The summed E-state index contributed by atoms with van der Waals surface area (Å²) in [6, 6.07) is 4.71. The van der Waals surface area contributed by atoms with E-state index in [2.05, 4.69) is 18.3 Å². The van der Waals surface area contributed by atoms with Gasteiger partial charge in [0.15, 0.2) is 0 Å². The summed E-state index contributed by atoms with van der Waals surface area (Å²) < 4.78 is 10.8. The Bertz CT molecular complexity index is 390. The first-order valence-corrected chi connectivity index (χ1v) is 6.25. The summed E-state index contributed by atoms with van der Waals surface area (Å²) in [5, 5.41) is 3.52. The summed E-state index contributed by atoms with van der Waals surface area (Å²) in [5.74, 6) is 1.85. The Morgan fingerprint density at radius 2 is 2.12 bits per heavy atom. The Morgan fingerprint density at radius 1 is 1.29 bits per heavy atom.